The second-order valence-corrected chi connectivity index (χ2v) is 6.65. The van der Waals surface area contributed by atoms with Crippen molar-refractivity contribution in [3.8, 4) is 0 Å². The summed E-state index contributed by atoms with van der Waals surface area (Å²) < 4.78 is 5.15. The van der Waals surface area contributed by atoms with Gasteiger partial charge in [0, 0.05) is 31.5 Å². The minimum absolute atomic E-state index is 0.214. The van der Waals surface area contributed by atoms with E-state index in [9.17, 15) is 4.79 Å². The molecule has 1 atom stereocenters. The summed E-state index contributed by atoms with van der Waals surface area (Å²) in [7, 11) is 0. The average Bonchev–Trinajstić information content (AvgIpc) is 2.29. The van der Waals surface area contributed by atoms with Crippen LogP contribution in [0.3, 0.4) is 0 Å². The van der Waals surface area contributed by atoms with E-state index in [0.717, 1.165) is 24.5 Å². The fourth-order valence-electron chi connectivity index (χ4n) is 1.27. The molecule has 5 nitrogen and oxygen atoms in total. The van der Waals surface area contributed by atoms with Gasteiger partial charge in [0.1, 0.15) is 5.60 Å². The summed E-state index contributed by atoms with van der Waals surface area (Å²) in [5, 5.41) is 14.7. The number of amides is 1. The number of carbonyl (C=O) groups excluding carboxylic acids is 1. The molecule has 0 heterocycles. The third-order valence-electron chi connectivity index (χ3n) is 2.14. The monoisotopic (exact) mass is 292 g/mol. The Morgan fingerprint density at radius 1 is 1.37 bits per heavy atom. The van der Waals surface area contributed by atoms with Crippen LogP contribution in [0.25, 0.3) is 0 Å². The standard InChI is InChI=1S/C13H28N2O3S/c1-11(14-6-9-19-8-5-7-16)10-15-12(17)18-13(2,3)4/h11,14,16H,5-10H2,1-4H3,(H,15,17). The number of hydrogen-bond acceptors (Lipinski definition) is 5. The lowest BCUT2D eigenvalue weighted by Crippen LogP contribution is -2.41. The van der Waals surface area contributed by atoms with Crippen LogP contribution in [0.1, 0.15) is 34.1 Å². The van der Waals surface area contributed by atoms with E-state index in [2.05, 4.69) is 10.6 Å². The van der Waals surface area contributed by atoms with Crippen molar-refractivity contribution in [2.75, 3.05) is 31.2 Å². The first-order valence-electron chi connectivity index (χ1n) is 6.74. The molecule has 114 valence electrons. The van der Waals surface area contributed by atoms with Crippen LogP contribution in [0.5, 0.6) is 0 Å². The summed E-state index contributed by atoms with van der Waals surface area (Å²) in [6.45, 7) is 9.27. The van der Waals surface area contributed by atoms with Gasteiger partial charge in [-0.3, -0.25) is 0 Å². The molecule has 19 heavy (non-hydrogen) atoms. The van der Waals surface area contributed by atoms with Gasteiger partial charge in [-0.1, -0.05) is 0 Å². The smallest absolute Gasteiger partial charge is 0.407 e. The molecule has 0 saturated carbocycles. The first-order valence-corrected chi connectivity index (χ1v) is 7.89. The first kappa shape index (κ1) is 18.5. The zero-order chi connectivity index (χ0) is 14.7. The molecule has 1 unspecified atom stereocenters. The Labute approximate surface area is 120 Å². The fourth-order valence-corrected chi connectivity index (χ4v) is 2.07. The second-order valence-electron chi connectivity index (χ2n) is 5.43. The second kappa shape index (κ2) is 10.3. The van der Waals surface area contributed by atoms with Crippen molar-refractivity contribution < 1.29 is 14.6 Å². The maximum Gasteiger partial charge on any atom is 0.407 e. The van der Waals surface area contributed by atoms with E-state index in [1.54, 1.807) is 0 Å². The molecular weight excluding hydrogens is 264 g/mol. The van der Waals surface area contributed by atoms with Crippen LogP contribution in [0.15, 0.2) is 0 Å². The number of thioether (sulfide) groups is 1. The Morgan fingerprint density at radius 3 is 2.63 bits per heavy atom. The third-order valence-corrected chi connectivity index (χ3v) is 3.21. The topological polar surface area (TPSA) is 70.6 Å². The molecule has 0 bridgehead atoms. The van der Waals surface area contributed by atoms with Gasteiger partial charge in [0.25, 0.3) is 0 Å². The maximum absolute atomic E-state index is 11.4. The summed E-state index contributed by atoms with van der Waals surface area (Å²) in [6.07, 6.45) is 0.471. The summed E-state index contributed by atoms with van der Waals surface area (Å²) in [6, 6.07) is 0.214. The molecular formula is C13H28N2O3S. The van der Waals surface area contributed by atoms with Crippen LogP contribution < -0.4 is 10.6 Å². The van der Waals surface area contributed by atoms with Crippen LogP contribution in [0, 0.1) is 0 Å². The van der Waals surface area contributed by atoms with E-state index < -0.39 is 5.60 Å². The van der Waals surface area contributed by atoms with E-state index >= 15 is 0 Å². The predicted octanol–water partition coefficient (Wildman–Crippen LogP) is 1.60. The van der Waals surface area contributed by atoms with Crippen molar-refractivity contribution in [1.29, 1.82) is 0 Å². The highest BCUT2D eigenvalue weighted by Crippen LogP contribution is 2.06. The average molecular weight is 292 g/mol. The number of aliphatic hydroxyl groups is 1. The molecule has 0 rings (SSSR count). The van der Waals surface area contributed by atoms with Crippen LogP contribution in [-0.2, 0) is 4.74 Å². The Hall–Kier alpha value is -0.460. The number of alkyl carbamates (subject to hydrolysis) is 1. The van der Waals surface area contributed by atoms with Gasteiger partial charge in [-0.25, -0.2) is 4.79 Å². The molecule has 0 aliphatic carbocycles. The molecule has 0 saturated heterocycles. The molecule has 0 aliphatic heterocycles. The van der Waals surface area contributed by atoms with E-state index in [1.165, 1.54) is 0 Å². The van der Waals surface area contributed by atoms with Crippen molar-refractivity contribution >= 4 is 17.9 Å². The highest BCUT2D eigenvalue weighted by Gasteiger charge is 2.16. The van der Waals surface area contributed by atoms with Gasteiger partial charge >= 0.3 is 6.09 Å². The SMILES string of the molecule is CC(CNC(=O)OC(C)(C)C)NCCSCCCO. The Balaban J connectivity index is 3.48. The number of hydrogen-bond donors (Lipinski definition) is 3. The molecule has 0 fully saturated rings. The Morgan fingerprint density at radius 2 is 2.05 bits per heavy atom. The highest BCUT2D eigenvalue weighted by molar-refractivity contribution is 7.99. The van der Waals surface area contributed by atoms with Crippen LogP contribution >= 0.6 is 11.8 Å². The van der Waals surface area contributed by atoms with E-state index in [4.69, 9.17) is 9.84 Å². The van der Waals surface area contributed by atoms with E-state index in [1.807, 2.05) is 39.5 Å². The van der Waals surface area contributed by atoms with Gasteiger partial charge in [0.05, 0.1) is 0 Å². The van der Waals surface area contributed by atoms with Crippen LogP contribution in [0.4, 0.5) is 4.79 Å². The molecule has 0 aromatic heterocycles. The maximum atomic E-state index is 11.4. The zero-order valence-corrected chi connectivity index (χ0v) is 13.3. The molecule has 0 spiro atoms. The van der Waals surface area contributed by atoms with E-state index in [-0.39, 0.29) is 18.7 Å². The zero-order valence-electron chi connectivity index (χ0n) is 12.5. The minimum atomic E-state index is -0.454. The molecule has 0 aromatic carbocycles. The largest absolute Gasteiger partial charge is 0.444 e. The normalized spacial score (nSPS) is 13.1. The molecule has 0 radical (unpaired) electrons. The quantitative estimate of drug-likeness (QED) is 0.563. The number of ether oxygens (including phenoxy) is 1. The highest BCUT2D eigenvalue weighted by atomic mass is 32.2. The summed E-state index contributed by atoms with van der Waals surface area (Å²) in [4.78, 5) is 11.4. The number of rotatable bonds is 9. The van der Waals surface area contributed by atoms with Gasteiger partial charge in [-0.05, 0) is 39.9 Å². The Kier molecular flexibility index (Phi) is 10.1. The summed E-state index contributed by atoms with van der Waals surface area (Å²) in [5.74, 6) is 2.00. The first-order chi connectivity index (χ1) is 8.85. The van der Waals surface area contributed by atoms with Gasteiger partial charge in [0.15, 0.2) is 0 Å². The number of aliphatic hydroxyl groups excluding tert-OH is 1. The van der Waals surface area contributed by atoms with Crippen LogP contribution in [0.2, 0.25) is 0 Å². The van der Waals surface area contributed by atoms with Gasteiger partial charge in [-0.15, -0.1) is 0 Å². The van der Waals surface area contributed by atoms with E-state index in [0.29, 0.717) is 6.54 Å². The molecule has 3 N–H and O–H groups in total. The Bertz CT molecular complexity index is 245. The van der Waals surface area contributed by atoms with Crippen molar-refractivity contribution in [1.82, 2.24) is 10.6 Å². The lowest BCUT2D eigenvalue weighted by atomic mass is 10.2. The van der Waals surface area contributed by atoms with Crippen molar-refractivity contribution in [2.24, 2.45) is 0 Å². The molecule has 0 aromatic rings. The molecule has 1 amide bonds. The summed E-state index contributed by atoms with van der Waals surface area (Å²) >= 11 is 1.82. The molecule has 6 heteroatoms. The number of nitrogens with one attached hydrogen (secondary N) is 2. The van der Waals surface area contributed by atoms with Crippen molar-refractivity contribution in [3.63, 3.8) is 0 Å². The minimum Gasteiger partial charge on any atom is -0.444 e. The van der Waals surface area contributed by atoms with Gasteiger partial charge in [-0.2, -0.15) is 11.8 Å². The summed E-state index contributed by atoms with van der Waals surface area (Å²) in [5.41, 5.74) is -0.454. The fraction of sp³-hybridized carbons (Fsp3) is 0.923. The predicted molar refractivity (Wildman–Crippen MR) is 80.7 cm³/mol. The van der Waals surface area contributed by atoms with Crippen molar-refractivity contribution in [2.45, 2.75) is 45.8 Å². The lowest BCUT2D eigenvalue weighted by molar-refractivity contribution is 0.0523. The lowest BCUT2D eigenvalue weighted by Gasteiger charge is -2.21. The van der Waals surface area contributed by atoms with Crippen molar-refractivity contribution in [3.05, 3.63) is 0 Å². The third kappa shape index (κ3) is 13.8. The van der Waals surface area contributed by atoms with Gasteiger partial charge < -0.3 is 20.5 Å². The van der Waals surface area contributed by atoms with Crippen LogP contribution in [-0.4, -0.2) is 54.0 Å². The number of carbonyl (C=O) groups is 1. The molecule has 0 aliphatic rings. The van der Waals surface area contributed by atoms with Gasteiger partial charge in [0.2, 0.25) is 0 Å².